The zero-order valence-electron chi connectivity index (χ0n) is 10.5. The number of aromatic hydroxyl groups is 1. The molecule has 2 unspecified atom stereocenters. The molecule has 1 saturated heterocycles. The average Bonchev–Trinajstić information content (AvgIpc) is 2.32. The number of rotatable bonds is 2. The molecule has 2 atom stereocenters. The summed E-state index contributed by atoms with van der Waals surface area (Å²) < 4.78 is 0. The van der Waals surface area contributed by atoms with E-state index in [1.165, 1.54) is 0 Å². The van der Waals surface area contributed by atoms with E-state index in [4.69, 9.17) is 0 Å². The summed E-state index contributed by atoms with van der Waals surface area (Å²) in [4.78, 5) is 14.6. The number of halogens is 1. The van der Waals surface area contributed by atoms with E-state index in [-0.39, 0.29) is 11.7 Å². The fourth-order valence-electron chi connectivity index (χ4n) is 2.30. The van der Waals surface area contributed by atoms with Crippen LogP contribution < -0.4 is 0 Å². The smallest absolute Gasteiger partial charge is 0.227 e. The molecule has 2 rings (SSSR count). The monoisotopic (exact) mass is 311 g/mol. The van der Waals surface area contributed by atoms with Crippen molar-refractivity contribution in [1.82, 2.24) is 4.90 Å². The molecular formula is C14H18BrNO2. The van der Waals surface area contributed by atoms with E-state index < -0.39 is 0 Å². The summed E-state index contributed by atoms with van der Waals surface area (Å²) in [5, 5.41) is 9.38. The minimum atomic E-state index is 0.145. The second-order valence-corrected chi connectivity index (χ2v) is 6.14. The molecule has 1 aliphatic heterocycles. The highest BCUT2D eigenvalue weighted by Crippen LogP contribution is 2.24. The first kappa shape index (κ1) is 13.4. The van der Waals surface area contributed by atoms with E-state index in [9.17, 15) is 9.90 Å². The van der Waals surface area contributed by atoms with E-state index in [1.807, 2.05) is 11.0 Å². The van der Waals surface area contributed by atoms with Crippen LogP contribution in [0.3, 0.4) is 0 Å². The maximum atomic E-state index is 12.2. The van der Waals surface area contributed by atoms with Gasteiger partial charge in [0.15, 0.2) is 0 Å². The van der Waals surface area contributed by atoms with Crippen LogP contribution in [0.15, 0.2) is 24.3 Å². The van der Waals surface area contributed by atoms with Gasteiger partial charge in [-0.2, -0.15) is 0 Å². The van der Waals surface area contributed by atoms with Gasteiger partial charge in [0.25, 0.3) is 0 Å². The fraction of sp³-hybridized carbons (Fsp3) is 0.500. The summed E-state index contributed by atoms with van der Waals surface area (Å²) in [7, 11) is 0. The molecule has 0 bridgehead atoms. The third-order valence-corrected chi connectivity index (χ3v) is 4.78. The van der Waals surface area contributed by atoms with Crippen molar-refractivity contribution in [3.05, 3.63) is 29.8 Å². The zero-order chi connectivity index (χ0) is 13.1. The Bertz CT molecular complexity index is 436. The Kier molecular flexibility index (Phi) is 4.27. The van der Waals surface area contributed by atoms with E-state index >= 15 is 0 Å². The maximum absolute atomic E-state index is 12.2. The largest absolute Gasteiger partial charge is 0.508 e. The molecule has 0 aliphatic carbocycles. The van der Waals surface area contributed by atoms with E-state index in [2.05, 4.69) is 22.9 Å². The third-order valence-electron chi connectivity index (χ3n) is 3.42. The number of benzene rings is 1. The standard InChI is InChI=1S/C14H18BrNO2/c1-10-9-16(6-5-13(10)15)14(18)8-11-3-2-4-12(17)7-11/h2-4,7,10,13,17H,5-6,8-9H2,1H3. The van der Waals surface area contributed by atoms with Gasteiger partial charge in [0.2, 0.25) is 5.91 Å². The Balaban J connectivity index is 1.96. The first-order valence-corrected chi connectivity index (χ1v) is 7.17. The molecule has 98 valence electrons. The molecule has 4 heteroatoms. The molecular weight excluding hydrogens is 294 g/mol. The average molecular weight is 312 g/mol. The summed E-state index contributed by atoms with van der Waals surface area (Å²) in [5.74, 6) is 0.853. The molecule has 1 fully saturated rings. The lowest BCUT2D eigenvalue weighted by Crippen LogP contribution is -2.43. The van der Waals surface area contributed by atoms with Crippen LogP contribution in [0, 0.1) is 5.92 Å². The van der Waals surface area contributed by atoms with Gasteiger partial charge in [-0.05, 0) is 30.0 Å². The van der Waals surface area contributed by atoms with Crippen LogP contribution in [0.1, 0.15) is 18.9 Å². The topological polar surface area (TPSA) is 40.5 Å². The van der Waals surface area contributed by atoms with Crippen LogP contribution in [-0.4, -0.2) is 33.8 Å². The van der Waals surface area contributed by atoms with Crippen molar-refractivity contribution >= 4 is 21.8 Å². The van der Waals surface area contributed by atoms with E-state index in [0.29, 0.717) is 17.2 Å². The van der Waals surface area contributed by atoms with Crippen LogP contribution in [0.25, 0.3) is 0 Å². The van der Waals surface area contributed by atoms with Crippen molar-refractivity contribution in [3.8, 4) is 5.75 Å². The second kappa shape index (κ2) is 5.74. The van der Waals surface area contributed by atoms with E-state index in [1.54, 1.807) is 18.2 Å². The first-order chi connectivity index (χ1) is 8.56. The Morgan fingerprint density at radius 1 is 1.56 bits per heavy atom. The van der Waals surface area contributed by atoms with Crippen molar-refractivity contribution < 1.29 is 9.90 Å². The SMILES string of the molecule is CC1CN(C(=O)Cc2cccc(O)c2)CCC1Br. The molecule has 1 heterocycles. The van der Waals surface area contributed by atoms with Crippen molar-refractivity contribution in [2.45, 2.75) is 24.6 Å². The van der Waals surface area contributed by atoms with Crippen molar-refractivity contribution in [2.75, 3.05) is 13.1 Å². The van der Waals surface area contributed by atoms with Gasteiger partial charge in [-0.1, -0.05) is 35.0 Å². The Hall–Kier alpha value is -1.03. The highest BCUT2D eigenvalue weighted by Gasteiger charge is 2.26. The number of carbonyl (C=O) groups is 1. The number of nitrogens with zero attached hydrogens (tertiary/aromatic N) is 1. The summed E-state index contributed by atoms with van der Waals surface area (Å²) in [6.45, 7) is 3.79. The minimum Gasteiger partial charge on any atom is -0.508 e. The molecule has 1 N–H and O–H groups in total. The highest BCUT2D eigenvalue weighted by molar-refractivity contribution is 9.09. The summed E-state index contributed by atoms with van der Waals surface area (Å²) in [6, 6.07) is 6.91. The van der Waals surface area contributed by atoms with Gasteiger partial charge in [0.1, 0.15) is 5.75 Å². The van der Waals surface area contributed by atoms with Crippen molar-refractivity contribution in [3.63, 3.8) is 0 Å². The van der Waals surface area contributed by atoms with Gasteiger partial charge in [-0.3, -0.25) is 4.79 Å². The third kappa shape index (κ3) is 3.25. The summed E-state index contributed by atoms with van der Waals surface area (Å²) in [5.41, 5.74) is 0.869. The molecule has 0 spiro atoms. The van der Waals surface area contributed by atoms with Gasteiger partial charge in [0.05, 0.1) is 6.42 Å². The van der Waals surface area contributed by atoms with Crippen LogP contribution in [0.2, 0.25) is 0 Å². The van der Waals surface area contributed by atoms with Crippen molar-refractivity contribution in [2.24, 2.45) is 5.92 Å². The molecule has 0 aromatic heterocycles. The van der Waals surface area contributed by atoms with Gasteiger partial charge < -0.3 is 10.0 Å². The number of piperidine rings is 1. The van der Waals surface area contributed by atoms with Crippen LogP contribution in [0.5, 0.6) is 5.75 Å². The number of hydrogen-bond donors (Lipinski definition) is 1. The molecule has 3 nitrogen and oxygen atoms in total. The Morgan fingerprint density at radius 2 is 2.33 bits per heavy atom. The van der Waals surface area contributed by atoms with Gasteiger partial charge in [0, 0.05) is 17.9 Å². The molecule has 0 saturated carbocycles. The molecule has 1 aliphatic rings. The minimum absolute atomic E-state index is 0.145. The lowest BCUT2D eigenvalue weighted by atomic mass is 9.99. The number of carbonyl (C=O) groups excluding carboxylic acids is 1. The normalized spacial score (nSPS) is 24.0. The van der Waals surface area contributed by atoms with Crippen LogP contribution in [-0.2, 0) is 11.2 Å². The molecule has 1 aromatic rings. The molecule has 1 aromatic carbocycles. The second-order valence-electron chi connectivity index (χ2n) is 4.97. The van der Waals surface area contributed by atoms with Crippen LogP contribution in [0.4, 0.5) is 0 Å². The molecule has 1 amide bonds. The number of likely N-dealkylation sites (tertiary alicyclic amines) is 1. The van der Waals surface area contributed by atoms with Crippen molar-refractivity contribution in [1.29, 1.82) is 0 Å². The molecule has 18 heavy (non-hydrogen) atoms. The number of phenolic OH excluding ortho intramolecular Hbond substituents is 1. The number of alkyl halides is 1. The Morgan fingerprint density at radius 3 is 3.00 bits per heavy atom. The van der Waals surface area contributed by atoms with Gasteiger partial charge in [-0.15, -0.1) is 0 Å². The van der Waals surface area contributed by atoms with Gasteiger partial charge in [-0.25, -0.2) is 0 Å². The molecule has 0 radical (unpaired) electrons. The predicted molar refractivity (Wildman–Crippen MR) is 74.9 cm³/mol. The summed E-state index contributed by atoms with van der Waals surface area (Å²) in [6.07, 6.45) is 1.38. The summed E-state index contributed by atoms with van der Waals surface area (Å²) >= 11 is 3.64. The first-order valence-electron chi connectivity index (χ1n) is 6.26. The number of amides is 1. The number of phenols is 1. The van der Waals surface area contributed by atoms with Gasteiger partial charge >= 0.3 is 0 Å². The van der Waals surface area contributed by atoms with Crippen LogP contribution >= 0.6 is 15.9 Å². The van der Waals surface area contributed by atoms with E-state index in [0.717, 1.165) is 25.1 Å². The maximum Gasteiger partial charge on any atom is 0.227 e. The quantitative estimate of drug-likeness (QED) is 0.853. The highest BCUT2D eigenvalue weighted by atomic mass is 79.9. The number of hydrogen-bond acceptors (Lipinski definition) is 2. The lowest BCUT2D eigenvalue weighted by Gasteiger charge is -2.34. The Labute approximate surface area is 116 Å². The zero-order valence-corrected chi connectivity index (χ0v) is 12.1. The fourth-order valence-corrected chi connectivity index (χ4v) is 2.67. The predicted octanol–water partition coefficient (Wildman–Crippen LogP) is 2.57. The lowest BCUT2D eigenvalue weighted by molar-refractivity contribution is -0.132.